The smallest absolute Gasteiger partial charge is 0.210 e. The maximum atomic E-state index is 12.9. The number of alkyl halides is 1. The first-order valence-corrected chi connectivity index (χ1v) is 7.35. The molecule has 0 aliphatic heterocycles. The van der Waals surface area contributed by atoms with Gasteiger partial charge >= 0.3 is 0 Å². The monoisotopic (exact) mass is 327 g/mol. The highest BCUT2D eigenvalue weighted by atomic mass is 79.9. The van der Waals surface area contributed by atoms with Crippen molar-refractivity contribution in [2.45, 2.75) is 23.1 Å². The molecule has 1 atom stereocenters. The molecule has 0 saturated heterocycles. The molecule has 0 amide bonds. The number of nitrogens with one attached hydrogen (secondary N) is 1. The Balaban J connectivity index is 2.86. The van der Waals surface area contributed by atoms with Crippen LogP contribution in [0.1, 0.15) is 13.3 Å². The standard InChI is InChI=1S/C10H12BrF2NO2S/c1-2-7(11)6-14-17(15,16)8-3-4-9(12)10(13)5-8/h3-5,7,14H,2,6H2,1H3. The zero-order chi connectivity index (χ0) is 13.1. The lowest BCUT2D eigenvalue weighted by Crippen LogP contribution is -2.29. The predicted octanol–water partition coefficient (Wildman–Crippen LogP) is 2.42. The fraction of sp³-hybridized carbons (Fsp3) is 0.400. The van der Waals surface area contributed by atoms with E-state index in [1.165, 1.54) is 0 Å². The quantitative estimate of drug-likeness (QED) is 0.844. The van der Waals surface area contributed by atoms with Gasteiger partial charge < -0.3 is 0 Å². The SMILES string of the molecule is CCC(Br)CNS(=O)(=O)c1ccc(F)c(F)c1. The average Bonchev–Trinajstić information content (AvgIpc) is 2.29. The van der Waals surface area contributed by atoms with Gasteiger partial charge in [0.15, 0.2) is 11.6 Å². The summed E-state index contributed by atoms with van der Waals surface area (Å²) in [4.78, 5) is -0.283. The zero-order valence-electron chi connectivity index (χ0n) is 9.08. The van der Waals surface area contributed by atoms with E-state index in [4.69, 9.17) is 0 Å². The Morgan fingerprint density at radius 1 is 1.35 bits per heavy atom. The predicted molar refractivity (Wildman–Crippen MR) is 64.6 cm³/mol. The third-order valence-electron chi connectivity index (χ3n) is 2.14. The van der Waals surface area contributed by atoms with Crippen LogP contribution in [-0.2, 0) is 10.0 Å². The van der Waals surface area contributed by atoms with Crippen molar-refractivity contribution in [3.8, 4) is 0 Å². The molecule has 0 bridgehead atoms. The fourth-order valence-corrected chi connectivity index (χ4v) is 2.54. The van der Waals surface area contributed by atoms with Crippen LogP contribution in [-0.4, -0.2) is 19.8 Å². The third-order valence-corrected chi connectivity index (χ3v) is 4.53. The lowest BCUT2D eigenvalue weighted by atomic mass is 10.3. The molecule has 17 heavy (non-hydrogen) atoms. The minimum absolute atomic E-state index is 0.00238. The van der Waals surface area contributed by atoms with Gasteiger partial charge in [-0.1, -0.05) is 22.9 Å². The Labute approximate surface area is 107 Å². The molecule has 0 fully saturated rings. The Bertz CT molecular complexity index is 493. The first kappa shape index (κ1) is 14.5. The van der Waals surface area contributed by atoms with Crippen molar-refractivity contribution in [3.05, 3.63) is 29.8 Å². The second-order valence-corrected chi connectivity index (χ2v) is 6.50. The first-order valence-electron chi connectivity index (χ1n) is 4.95. The summed E-state index contributed by atoms with van der Waals surface area (Å²) < 4.78 is 51.3. The minimum Gasteiger partial charge on any atom is -0.210 e. The lowest BCUT2D eigenvalue weighted by Gasteiger charge is -2.09. The summed E-state index contributed by atoms with van der Waals surface area (Å²) in [7, 11) is -3.79. The molecule has 0 saturated carbocycles. The molecule has 0 aromatic heterocycles. The summed E-state index contributed by atoms with van der Waals surface area (Å²) in [5.41, 5.74) is 0. The van der Waals surface area contributed by atoms with Gasteiger partial charge in [-0.25, -0.2) is 21.9 Å². The summed E-state index contributed by atoms with van der Waals surface area (Å²) in [5, 5.41) is 0. The van der Waals surface area contributed by atoms with Gasteiger partial charge in [0.05, 0.1) is 4.90 Å². The minimum atomic E-state index is -3.79. The molecule has 7 heteroatoms. The van der Waals surface area contributed by atoms with Gasteiger partial charge in [-0.3, -0.25) is 0 Å². The highest BCUT2D eigenvalue weighted by molar-refractivity contribution is 9.09. The molecular weight excluding hydrogens is 316 g/mol. The largest absolute Gasteiger partial charge is 0.240 e. The van der Waals surface area contributed by atoms with Crippen LogP contribution in [0.3, 0.4) is 0 Å². The summed E-state index contributed by atoms with van der Waals surface area (Å²) in [6.07, 6.45) is 0.750. The molecule has 0 aliphatic carbocycles. The molecule has 0 spiro atoms. The Hall–Kier alpha value is -0.530. The normalized spacial score (nSPS) is 13.6. The first-order chi connectivity index (χ1) is 7.86. The van der Waals surface area contributed by atoms with Gasteiger partial charge in [0.1, 0.15) is 0 Å². The number of hydrogen-bond acceptors (Lipinski definition) is 2. The molecule has 96 valence electrons. The lowest BCUT2D eigenvalue weighted by molar-refractivity contribution is 0.504. The maximum Gasteiger partial charge on any atom is 0.240 e. The van der Waals surface area contributed by atoms with Crippen molar-refractivity contribution < 1.29 is 17.2 Å². The van der Waals surface area contributed by atoms with Crippen molar-refractivity contribution in [2.75, 3.05) is 6.54 Å². The summed E-state index contributed by atoms with van der Waals surface area (Å²) in [6.45, 7) is 2.09. The Morgan fingerprint density at radius 3 is 2.53 bits per heavy atom. The van der Waals surface area contributed by atoms with Crippen molar-refractivity contribution in [1.29, 1.82) is 0 Å². The van der Waals surface area contributed by atoms with Crippen LogP contribution >= 0.6 is 15.9 Å². The number of halogens is 3. The van der Waals surface area contributed by atoms with Crippen molar-refractivity contribution in [3.63, 3.8) is 0 Å². The molecule has 1 aromatic carbocycles. The molecular formula is C10H12BrF2NO2S. The van der Waals surface area contributed by atoms with Crippen LogP contribution in [0.15, 0.2) is 23.1 Å². The average molecular weight is 328 g/mol. The van der Waals surface area contributed by atoms with Crippen molar-refractivity contribution >= 4 is 26.0 Å². The fourth-order valence-electron chi connectivity index (χ4n) is 1.07. The van der Waals surface area contributed by atoms with Gasteiger partial charge in [0, 0.05) is 11.4 Å². The zero-order valence-corrected chi connectivity index (χ0v) is 11.5. The van der Waals surface area contributed by atoms with Gasteiger partial charge in [0.2, 0.25) is 10.0 Å². The molecule has 1 aromatic rings. The molecule has 1 unspecified atom stereocenters. The van der Waals surface area contributed by atoms with Gasteiger partial charge in [-0.05, 0) is 24.6 Å². The van der Waals surface area contributed by atoms with E-state index in [0.717, 1.165) is 18.6 Å². The van der Waals surface area contributed by atoms with E-state index in [1.807, 2.05) is 6.92 Å². The van der Waals surface area contributed by atoms with Crippen LogP contribution in [0, 0.1) is 11.6 Å². The third kappa shape index (κ3) is 4.01. The Kier molecular flexibility index (Phi) is 5.03. The van der Waals surface area contributed by atoms with E-state index in [1.54, 1.807) is 0 Å². The van der Waals surface area contributed by atoms with Crippen LogP contribution in [0.2, 0.25) is 0 Å². The molecule has 3 nitrogen and oxygen atoms in total. The molecule has 1 N–H and O–H groups in total. The van der Waals surface area contributed by atoms with E-state index in [-0.39, 0.29) is 16.3 Å². The number of sulfonamides is 1. The van der Waals surface area contributed by atoms with Crippen LogP contribution in [0.4, 0.5) is 8.78 Å². The highest BCUT2D eigenvalue weighted by Crippen LogP contribution is 2.14. The number of benzene rings is 1. The second kappa shape index (κ2) is 5.88. The summed E-state index contributed by atoms with van der Waals surface area (Å²) in [5.74, 6) is -2.25. The van der Waals surface area contributed by atoms with Crippen molar-refractivity contribution in [2.24, 2.45) is 0 Å². The molecule has 0 heterocycles. The topological polar surface area (TPSA) is 46.2 Å². The van der Waals surface area contributed by atoms with E-state index in [2.05, 4.69) is 20.7 Å². The van der Waals surface area contributed by atoms with E-state index in [9.17, 15) is 17.2 Å². The maximum absolute atomic E-state index is 12.9. The summed E-state index contributed by atoms with van der Waals surface area (Å²) >= 11 is 3.27. The van der Waals surface area contributed by atoms with Crippen molar-refractivity contribution in [1.82, 2.24) is 4.72 Å². The summed E-state index contributed by atoms with van der Waals surface area (Å²) in [6, 6.07) is 2.47. The van der Waals surface area contributed by atoms with E-state index >= 15 is 0 Å². The number of hydrogen-bond donors (Lipinski definition) is 1. The van der Waals surface area contributed by atoms with Gasteiger partial charge in [0.25, 0.3) is 0 Å². The second-order valence-electron chi connectivity index (χ2n) is 3.43. The van der Waals surface area contributed by atoms with Crippen LogP contribution in [0.5, 0.6) is 0 Å². The highest BCUT2D eigenvalue weighted by Gasteiger charge is 2.17. The molecule has 1 rings (SSSR count). The van der Waals surface area contributed by atoms with Gasteiger partial charge in [-0.2, -0.15) is 0 Å². The van der Waals surface area contributed by atoms with Crippen LogP contribution < -0.4 is 4.72 Å². The Morgan fingerprint density at radius 2 is 2.00 bits per heavy atom. The molecule has 0 aliphatic rings. The van der Waals surface area contributed by atoms with Gasteiger partial charge in [-0.15, -0.1) is 0 Å². The van der Waals surface area contributed by atoms with Crippen LogP contribution in [0.25, 0.3) is 0 Å². The molecule has 0 radical (unpaired) electrons. The van der Waals surface area contributed by atoms with E-state index in [0.29, 0.717) is 6.07 Å². The van der Waals surface area contributed by atoms with E-state index < -0.39 is 21.7 Å². The number of rotatable bonds is 5.